The second-order valence-electron chi connectivity index (χ2n) is 4.02. The van der Waals surface area contributed by atoms with Gasteiger partial charge in [0.1, 0.15) is 10.0 Å². The average molecular weight is 341 g/mol. The molecule has 20 heavy (non-hydrogen) atoms. The van der Waals surface area contributed by atoms with Crippen LogP contribution in [0, 0.1) is 0 Å². The van der Waals surface area contributed by atoms with Crippen molar-refractivity contribution in [3.8, 4) is 0 Å². The molecule has 0 saturated heterocycles. The van der Waals surface area contributed by atoms with Crippen molar-refractivity contribution in [1.29, 1.82) is 0 Å². The Morgan fingerprint density at radius 2 is 2.20 bits per heavy atom. The van der Waals surface area contributed by atoms with Gasteiger partial charge in [-0.3, -0.25) is 14.0 Å². The van der Waals surface area contributed by atoms with Crippen molar-refractivity contribution in [3.63, 3.8) is 0 Å². The van der Waals surface area contributed by atoms with E-state index >= 15 is 0 Å². The van der Waals surface area contributed by atoms with E-state index in [1.807, 2.05) is 0 Å². The monoisotopic (exact) mass is 340 g/mol. The summed E-state index contributed by atoms with van der Waals surface area (Å²) in [5, 5.41) is 4.04. The molecule has 0 aliphatic heterocycles. The minimum absolute atomic E-state index is 0.190. The number of carbonyl (C=O) groups excluding carboxylic acids is 1. The minimum Gasteiger partial charge on any atom is -0.462 e. The largest absolute Gasteiger partial charge is 0.462 e. The molecular formula is C12H13BrN4O3. The number of aryl methyl sites for hydroxylation is 1. The summed E-state index contributed by atoms with van der Waals surface area (Å²) in [6.45, 7) is 2.21. The van der Waals surface area contributed by atoms with Crippen LogP contribution in [0.1, 0.15) is 23.0 Å². The van der Waals surface area contributed by atoms with E-state index in [-0.39, 0.29) is 18.7 Å². The molecule has 0 bridgehead atoms. The average Bonchev–Trinajstić information content (AvgIpc) is 2.77. The van der Waals surface area contributed by atoms with Gasteiger partial charge in [0.2, 0.25) is 0 Å². The molecule has 2 aromatic heterocycles. The predicted molar refractivity (Wildman–Crippen MR) is 74.5 cm³/mol. The quantitative estimate of drug-likeness (QED) is 0.774. The Bertz CT molecular complexity index is 692. The topological polar surface area (TPSA) is 79.0 Å². The zero-order valence-corrected chi connectivity index (χ0v) is 12.6. The molecule has 0 aliphatic rings. The van der Waals surface area contributed by atoms with Gasteiger partial charge in [0.05, 0.1) is 31.4 Å². The highest BCUT2D eigenvalue weighted by molar-refractivity contribution is 9.10. The maximum absolute atomic E-state index is 11.9. The minimum atomic E-state index is -0.452. The van der Waals surface area contributed by atoms with Crippen molar-refractivity contribution >= 4 is 21.9 Å². The Kier molecular flexibility index (Phi) is 4.33. The van der Waals surface area contributed by atoms with Crippen LogP contribution in [0.5, 0.6) is 0 Å². The standard InChI is InChI=1S/C12H13BrN4O3/c1-3-20-12(19)8-4-15-16(2)10(8)6-17-7-14-5-9(13)11(17)18/h4-5,7H,3,6H2,1-2H3. The highest BCUT2D eigenvalue weighted by Gasteiger charge is 2.18. The van der Waals surface area contributed by atoms with Gasteiger partial charge in [0.15, 0.2) is 0 Å². The maximum atomic E-state index is 11.9. The maximum Gasteiger partial charge on any atom is 0.341 e. The van der Waals surface area contributed by atoms with E-state index < -0.39 is 5.97 Å². The molecule has 2 heterocycles. The third-order valence-electron chi connectivity index (χ3n) is 2.74. The van der Waals surface area contributed by atoms with Crippen LogP contribution in [0.2, 0.25) is 0 Å². The second kappa shape index (κ2) is 6.00. The lowest BCUT2D eigenvalue weighted by molar-refractivity contribution is 0.0524. The zero-order chi connectivity index (χ0) is 14.7. The normalized spacial score (nSPS) is 10.6. The molecule has 8 heteroatoms. The van der Waals surface area contributed by atoms with Gasteiger partial charge in [0, 0.05) is 13.2 Å². The van der Waals surface area contributed by atoms with Crippen LogP contribution in [0.3, 0.4) is 0 Å². The van der Waals surface area contributed by atoms with E-state index in [9.17, 15) is 9.59 Å². The Hall–Kier alpha value is -1.96. The molecule has 0 aromatic carbocycles. The van der Waals surface area contributed by atoms with E-state index in [1.54, 1.807) is 18.7 Å². The summed E-state index contributed by atoms with van der Waals surface area (Å²) in [6.07, 6.45) is 4.27. The smallest absolute Gasteiger partial charge is 0.341 e. The van der Waals surface area contributed by atoms with Crippen LogP contribution < -0.4 is 5.56 Å². The first-order valence-electron chi connectivity index (χ1n) is 5.92. The number of aromatic nitrogens is 4. The molecule has 106 valence electrons. The molecule has 2 aromatic rings. The van der Waals surface area contributed by atoms with Crippen LogP contribution in [0.25, 0.3) is 0 Å². The number of carbonyl (C=O) groups is 1. The van der Waals surface area contributed by atoms with Gasteiger partial charge in [-0.25, -0.2) is 9.78 Å². The highest BCUT2D eigenvalue weighted by atomic mass is 79.9. The predicted octanol–water partition coefficient (Wildman–Crippen LogP) is 0.964. The Balaban J connectivity index is 2.39. The lowest BCUT2D eigenvalue weighted by Gasteiger charge is -2.08. The van der Waals surface area contributed by atoms with Crippen LogP contribution in [-0.2, 0) is 18.3 Å². The summed E-state index contributed by atoms with van der Waals surface area (Å²) in [5.41, 5.74) is 0.711. The molecule has 0 radical (unpaired) electrons. The van der Waals surface area contributed by atoms with E-state index in [2.05, 4.69) is 26.0 Å². The fraction of sp³-hybridized carbons (Fsp3) is 0.333. The lowest BCUT2D eigenvalue weighted by atomic mass is 10.2. The Labute approximate surface area is 123 Å². The molecule has 0 unspecified atom stereocenters. The molecule has 0 amide bonds. The third-order valence-corrected chi connectivity index (χ3v) is 3.28. The van der Waals surface area contributed by atoms with Crippen molar-refractivity contribution in [1.82, 2.24) is 19.3 Å². The first-order chi connectivity index (χ1) is 9.54. The Morgan fingerprint density at radius 1 is 1.45 bits per heavy atom. The number of hydrogen-bond donors (Lipinski definition) is 0. The van der Waals surface area contributed by atoms with Crippen molar-refractivity contribution < 1.29 is 9.53 Å². The molecule has 0 N–H and O–H groups in total. The van der Waals surface area contributed by atoms with Crippen molar-refractivity contribution in [3.05, 3.63) is 44.8 Å². The van der Waals surface area contributed by atoms with Gasteiger partial charge >= 0.3 is 5.97 Å². The summed E-state index contributed by atoms with van der Waals surface area (Å²) in [6, 6.07) is 0. The number of rotatable bonds is 4. The van der Waals surface area contributed by atoms with Crippen LogP contribution >= 0.6 is 15.9 Å². The number of esters is 1. The van der Waals surface area contributed by atoms with E-state index in [0.29, 0.717) is 15.7 Å². The van der Waals surface area contributed by atoms with Gasteiger partial charge in [-0.1, -0.05) is 0 Å². The number of ether oxygens (including phenoxy) is 1. The fourth-order valence-electron chi connectivity index (χ4n) is 1.73. The molecule has 0 atom stereocenters. The molecule has 0 aliphatic carbocycles. The lowest BCUT2D eigenvalue weighted by Crippen LogP contribution is -2.23. The van der Waals surface area contributed by atoms with E-state index in [4.69, 9.17) is 4.74 Å². The summed E-state index contributed by atoms with van der Waals surface area (Å²) in [7, 11) is 1.70. The van der Waals surface area contributed by atoms with Crippen molar-refractivity contribution in [2.45, 2.75) is 13.5 Å². The van der Waals surface area contributed by atoms with Crippen molar-refractivity contribution in [2.24, 2.45) is 7.05 Å². The first-order valence-corrected chi connectivity index (χ1v) is 6.71. The zero-order valence-electron chi connectivity index (χ0n) is 11.0. The van der Waals surface area contributed by atoms with Crippen LogP contribution in [-0.4, -0.2) is 31.9 Å². The van der Waals surface area contributed by atoms with Gasteiger partial charge < -0.3 is 4.74 Å². The molecule has 2 rings (SSSR count). The van der Waals surface area contributed by atoms with Crippen LogP contribution in [0.15, 0.2) is 28.0 Å². The number of hydrogen-bond acceptors (Lipinski definition) is 5. The molecule has 0 spiro atoms. The molecule has 0 saturated carbocycles. The summed E-state index contributed by atoms with van der Waals surface area (Å²) in [5.74, 6) is -0.452. The van der Waals surface area contributed by atoms with Crippen molar-refractivity contribution in [2.75, 3.05) is 6.61 Å². The summed E-state index contributed by atoms with van der Waals surface area (Å²) in [4.78, 5) is 27.7. The first kappa shape index (κ1) is 14.4. The van der Waals surface area contributed by atoms with Crippen LogP contribution in [0.4, 0.5) is 0 Å². The third kappa shape index (κ3) is 2.79. The molecule has 7 nitrogen and oxygen atoms in total. The number of halogens is 1. The van der Waals surface area contributed by atoms with Gasteiger partial charge in [-0.15, -0.1) is 0 Å². The number of nitrogens with zero attached hydrogens (tertiary/aromatic N) is 4. The molecule has 0 fully saturated rings. The second-order valence-corrected chi connectivity index (χ2v) is 4.88. The van der Waals surface area contributed by atoms with Gasteiger partial charge in [-0.05, 0) is 22.9 Å². The summed E-state index contributed by atoms with van der Waals surface area (Å²) < 4.78 is 8.26. The molecular weight excluding hydrogens is 328 g/mol. The van der Waals surface area contributed by atoms with Gasteiger partial charge in [-0.2, -0.15) is 5.10 Å². The van der Waals surface area contributed by atoms with Gasteiger partial charge in [0.25, 0.3) is 5.56 Å². The fourth-order valence-corrected chi connectivity index (χ4v) is 2.07. The highest BCUT2D eigenvalue weighted by Crippen LogP contribution is 2.11. The Morgan fingerprint density at radius 3 is 2.90 bits per heavy atom. The van der Waals surface area contributed by atoms with E-state index in [0.717, 1.165) is 0 Å². The summed E-state index contributed by atoms with van der Waals surface area (Å²) >= 11 is 3.13. The van der Waals surface area contributed by atoms with E-state index in [1.165, 1.54) is 23.3 Å². The SMILES string of the molecule is CCOC(=O)c1cnn(C)c1Cn1cncc(Br)c1=O.